The zero-order valence-corrected chi connectivity index (χ0v) is 16.1. The maximum absolute atomic E-state index is 13.2. The van der Waals surface area contributed by atoms with Gasteiger partial charge in [-0.3, -0.25) is 4.48 Å². The third kappa shape index (κ3) is 3.15. The highest BCUT2D eigenvalue weighted by atomic mass is 19.1. The molecule has 1 aromatic heterocycles. The van der Waals surface area contributed by atoms with E-state index in [2.05, 4.69) is 53.6 Å². The lowest BCUT2D eigenvalue weighted by atomic mass is 9.97. The number of nitrogens with zero attached hydrogens (tertiary/aromatic N) is 3. The fourth-order valence-electron chi connectivity index (χ4n) is 4.70. The van der Waals surface area contributed by atoms with Crippen molar-refractivity contribution in [1.82, 2.24) is 14.5 Å². The minimum Gasteiger partial charge on any atom is -0.356 e. The molecule has 1 atom stereocenters. The summed E-state index contributed by atoms with van der Waals surface area (Å²) in [4.78, 5) is 2.52. The molecule has 2 aliphatic heterocycles. The molecule has 1 fully saturated rings. The Labute approximate surface area is 164 Å². The van der Waals surface area contributed by atoms with Crippen molar-refractivity contribution in [3.05, 3.63) is 65.7 Å². The van der Waals surface area contributed by atoms with Crippen LogP contribution in [-0.4, -0.2) is 43.3 Å². The Morgan fingerprint density at radius 3 is 2.96 bits per heavy atom. The first-order valence-corrected chi connectivity index (χ1v) is 10.0. The molecule has 0 N–H and O–H groups in total. The Bertz CT molecular complexity index is 1040. The van der Waals surface area contributed by atoms with Crippen molar-refractivity contribution in [3.8, 4) is 0 Å². The topological polar surface area (TPSA) is 29.3 Å². The largest absolute Gasteiger partial charge is 0.356 e. The third-order valence-corrected chi connectivity index (χ3v) is 6.14. The fourth-order valence-corrected chi connectivity index (χ4v) is 4.70. The maximum atomic E-state index is 13.2. The lowest BCUT2D eigenvalue weighted by Gasteiger charge is -2.42. The van der Waals surface area contributed by atoms with Gasteiger partial charge in [-0.15, -0.1) is 0 Å². The smallest absolute Gasteiger partial charge is 0.170 e. The van der Waals surface area contributed by atoms with Gasteiger partial charge in [0.25, 0.3) is 0 Å². The summed E-state index contributed by atoms with van der Waals surface area (Å²) in [6.07, 6.45) is 6.48. The first-order valence-electron chi connectivity index (χ1n) is 10.0. The van der Waals surface area contributed by atoms with Gasteiger partial charge in [-0.1, -0.05) is 17.3 Å². The van der Waals surface area contributed by atoms with Crippen molar-refractivity contribution in [2.75, 3.05) is 33.2 Å². The second-order valence-electron chi connectivity index (χ2n) is 8.32. The van der Waals surface area contributed by atoms with Crippen LogP contribution < -0.4 is 4.48 Å². The number of aromatic nitrogens is 1. The van der Waals surface area contributed by atoms with Crippen molar-refractivity contribution in [2.45, 2.75) is 12.8 Å². The first kappa shape index (κ1) is 17.6. The highest BCUT2D eigenvalue weighted by Crippen LogP contribution is 2.35. The molecule has 0 amide bonds. The SMILES string of the molecule is C[N+]1(CC2CN(CCCc3noc4cc(F)ccc34)C2)C=Cc2ccccc21. The predicted octanol–water partition coefficient (Wildman–Crippen LogP) is 4.45. The molecule has 0 bridgehead atoms. The molecule has 0 aliphatic carbocycles. The van der Waals surface area contributed by atoms with Gasteiger partial charge in [-0.2, -0.15) is 0 Å². The number of hydrogen-bond acceptors (Lipinski definition) is 3. The standard InChI is InChI=1S/C23H25FN3O/c1-27(12-10-18-5-2-3-7-22(18)27)16-17-14-26(15-17)11-4-6-21-20-9-8-19(24)13-23(20)28-25-21/h2-3,5,7-10,12-13,17H,4,6,11,14-16H2,1H3/q+1. The summed E-state index contributed by atoms with van der Waals surface area (Å²) in [5.41, 5.74) is 4.23. The molecular weight excluding hydrogens is 353 g/mol. The van der Waals surface area contributed by atoms with E-state index in [-0.39, 0.29) is 5.82 Å². The number of quaternary nitrogens is 1. The summed E-state index contributed by atoms with van der Waals surface area (Å²) in [6.45, 7) is 4.55. The summed E-state index contributed by atoms with van der Waals surface area (Å²) in [5, 5.41) is 5.05. The Hall–Kier alpha value is -2.50. The molecule has 1 unspecified atom stereocenters. The van der Waals surface area contributed by atoms with Crippen LogP contribution in [0.15, 0.2) is 53.2 Å². The number of halogens is 1. The summed E-state index contributed by atoms with van der Waals surface area (Å²) in [5.74, 6) is 0.449. The Morgan fingerprint density at radius 2 is 2.07 bits per heavy atom. The number of hydrogen-bond donors (Lipinski definition) is 0. The van der Waals surface area contributed by atoms with Crippen LogP contribution in [0.1, 0.15) is 17.7 Å². The fraction of sp³-hybridized carbons (Fsp3) is 0.348. The van der Waals surface area contributed by atoms with Gasteiger partial charge < -0.3 is 9.42 Å². The molecule has 5 rings (SSSR count). The second kappa shape index (κ2) is 6.83. The average Bonchev–Trinajstić information content (AvgIpc) is 3.21. The van der Waals surface area contributed by atoms with Gasteiger partial charge in [0.1, 0.15) is 17.7 Å². The molecule has 4 nitrogen and oxygen atoms in total. The van der Waals surface area contributed by atoms with Gasteiger partial charge in [-0.05, 0) is 37.6 Å². The van der Waals surface area contributed by atoms with E-state index in [1.165, 1.54) is 23.4 Å². The van der Waals surface area contributed by atoms with Crippen LogP contribution >= 0.6 is 0 Å². The van der Waals surface area contributed by atoms with Crippen LogP contribution in [0.25, 0.3) is 17.0 Å². The molecule has 5 heteroatoms. The van der Waals surface area contributed by atoms with Gasteiger partial charge >= 0.3 is 0 Å². The highest BCUT2D eigenvalue weighted by Gasteiger charge is 2.37. The number of para-hydroxylation sites is 1. The highest BCUT2D eigenvalue weighted by molar-refractivity contribution is 5.79. The molecule has 2 aliphatic rings. The van der Waals surface area contributed by atoms with E-state index in [4.69, 9.17) is 4.52 Å². The minimum atomic E-state index is -0.284. The Morgan fingerprint density at radius 1 is 1.21 bits per heavy atom. The van der Waals surface area contributed by atoms with Gasteiger partial charge in [0, 0.05) is 48.2 Å². The van der Waals surface area contributed by atoms with E-state index in [1.807, 2.05) is 0 Å². The Kier molecular flexibility index (Phi) is 4.29. The molecule has 0 radical (unpaired) electrons. The summed E-state index contributed by atoms with van der Waals surface area (Å²) < 4.78 is 19.4. The lowest BCUT2D eigenvalue weighted by Crippen LogP contribution is -2.55. The second-order valence-corrected chi connectivity index (χ2v) is 8.32. The minimum absolute atomic E-state index is 0.284. The summed E-state index contributed by atoms with van der Waals surface area (Å²) >= 11 is 0. The van der Waals surface area contributed by atoms with Crippen molar-refractivity contribution >= 4 is 22.7 Å². The first-order chi connectivity index (χ1) is 13.6. The molecule has 3 heterocycles. The van der Waals surface area contributed by atoms with Crippen LogP contribution in [0, 0.1) is 11.7 Å². The van der Waals surface area contributed by atoms with Crippen LogP contribution in [0.5, 0.6) is 0 Å². The zero-order chi connectivity index (χ0) is 19.1. The summed E-state index contributed by atoms with van der Waals surface area (Å²) in [6, 6.07) is 13.3. The van der Waals surface area contributed by atoms with Crippen LogP contribution in [0.2, 0.25) is 0 Å². The van der Waals surface area contributed by atoms with E-state index in [9.17, 15) is 4.39 Å². The van der Waals surface area contributed by atoms with Gasteiger partial charge in [0.15, 0.2) is 5.58 Å². The van der Waals surface area contributed by atoms with E-state index >= 15 is 0 Å². The number of benzene rings is 2. The maximum Gasteiger partial charge on any atom is 0.170 e. The molecule has 0 saturated carbocycles. The van der Waals surface area contributed by atoms with Crippen molar-refractivity contribution in [3.63, 3.8) is 0 Å². The van der Waals surface area contributed by atoms with Gasteiger partial charge in [0.05, 0.1) is 19.3 Å². The molecule has 144 valence electrons. The molecular formula is C23H25FN3O+. The quantitative estimate of drug-likeness (QED) is 0.594. The monoisotopic (exact) mass is 378 g/mol. The lowest BCUT2D eigenvalue weighted by molar-refractivity contribution is 0.0840. The Balaban J connectivity index is 1.11. The molecule has 0 spiro atoms. The predicted molar refractivity (Wildman–Crippen MR) is 110 cm³/mol. The van der Waals surface area contributed by atoms with Crippen molar-refractivity contribution in [2.24, 2.45) is 5.92 Å². The van der Waals surface area contributed by atoms with E-state index < -0.39 is 0 Å². The number of rotatable bonds is 6. The molecule has 28 heavy (non-hydrogen) atoms. The number of aryl methyl sites for hydroxylation is 1. The van der Waals surface area contributed by atoms with E-state index in [0.29, 0.717) is 5.58 Å². The van der Waals surface area contributed by atoms with E-state index in [0.717, 1.165) is 60.5 Å². The number of fused-ring (bicyclic) bond motifs is 2. The number of likely N-dealkylation sites (tertiary alicyclic amines) is 1. The molecule has 3 aromatic rings. The average molecular weight is 378 g/mol. The zero-order valence-electron chi connectivity index (χ0n) is 16.1. The van der Waals surface area contributed by atoms with E-state index in [1.54, 1.807) is 6.07 Å². The normalized spacial score (nSPS) is 21.9. The van der Waals surface area contributed by atoms with Crippen LogP contribution in [0.3, 0.4) is 0 Å². The van der Waals surface area contributed by atoms with Crippen molar-refractivity contribution in [1.29, 1.82) is 0 Å². The molecule has 2 aromatic carbocycles. The van der Waals surface area contributed by atoms with Crippen LogP contribution in [0.4, 0.5) is 10.1 Å². The molecule has 1 saturated heterocycles. The van der Waals surface area contributed by atoms with Gasteiger partial charge in [0.2, 0.25) is 0 Å². The summed E-state index contributed by atoms with van der Waals surface area (Å²) in [7, 11) is 2.31. The van der Waals surface area contributed by atoms with Gasteiger partial charge in [-0.25, -0.2) is 4.39 Å². The van der Waals surface area contributed by atoms with Crippen LogP contribution in [-0.2, 0) is 6.42 Å². The van der Waals surface area contributed by atoms with Crippen molar-refractivity contribution < 1.29 is 8.91 Å². The third-order valence-electron chi connectivity index (χ3n) is 6.14.